The van der Waals surface area contributed by atoms with E-state index in [1.165, 1.54) is 11.1 Å². The summed E-state index contributed by atoms with van der Waals surface area (Å²) in [5.74, 6) is 1.18. The summed E-state index contributed by atoms with van der Waals surface area (Å²) in [5.41, 5.74) is 18.6. The van der Waals surface area contributed by atoms with Gasteiger partial charge in [0.15, 0.2) is 11.5 Å². The summed E-state index contributed by atoms with van der Waals surface area (Å²) in [7, 11) is 0. The number of aromatic nitrogens is 3. The molecule has 0 amide bonds. The molecule has 1 saturated carbocycles. The number of nitrogens with two attached hydrogens (primary N) is 2. The summed E-state index contributed by atoms with van der Waals surface area (Å²) in [5, 5.41) is 8.33. The first-order valence-electron chi connectivity index (χ1n) is 9.25. The van der Waals surface area contributed by atoms with E-state index in [1.807, 2.05) is 6.20 Å². The molecule has 0 bridgehead atoms. The molecule has 5 N–H and O–H groups in total. The summed E-state index contributed by atoms with van der Waals surface area (Å²) in [6.07, 6.45) is 7.68. The Morgan fingerprint density at radius 2 is 1.92 bits per heavy atom. The molecule has 6 nitrogen and oxygen atoms in total. The first-order chi connectivity index (χ1) is 12.5. The number of nitrogens with one attached hydrogen (secondary N) is 1. The lowest BCUT2D eigenvalue weighted by molar-refractivity contribution is 0.396. The molecule has 0 radical (unpaired) electrons. The fourth-order valence-electron chi connectivity index (χ4n) is 3.89. The third kappa shape index (κ3) is 3.01. The second kappa shape index (κ2) is 6.61. The fraction of sp³-hybridized carbons (Fsp3) is 0.400. The van der Waals surface area contributed by atoms with E-state index in [9.17, 15) is 0 Å². The number of fused-ring (bicyclic) bond motifs is 1. The molecule has 1 aliphatic carbocycles. The quantitative estimate of drug-likeness (QED) is 0.670. The zero-order valence-corrected chi connectivity index (χ0v) is 15.4. The Morgan fingerprint density at radius 3 is 2.69 bits per heavy atom. The first kappa shape index (κ1) is 16.8. The van der Waals surface area contributed by atoms with Crippen molar-refractivity contribution in [2.45, 2.75) is 51.5 Å². The summed E-state index contributed by atoms with van der Waals surface area (Å²) in [4.78, 5) is 4.39. The molecule has 3 aromatic rings. The maximum Gasteiger partial charge on any atom is 0.177 e. The monoisotopic (exact) mass is 350 g/mol. The number of imidazole rings is 1. The first-order valence-corrected chi connectivity index (χ1v) is 9.25. The zero-order chi connectivity index (χ0) is 18.3. The van der Waals surface area contributed by atoms with Crippen LogP contribution in [0.3, 0.4) is 0 Å². The summed E-state index contributed by atoms with van der Waals surface area (Å²) >= 11 is 0. The lowest BCUT2D eigenvalue weighted by Crippen LogP contribution is -2.26. The predicted octanol–water partition coefficient (Wildman–Crippen LogP) is 3.66. The van der Waals surface area contributed by atoms with Gasteiger partial charge < -0.3 is 16.8 Å². The average Bonchev–Trinajstić information content (AvgIpc) is 3.08. The van der Waals surface area contributed by atoms with Crippen molar-refractivity contribution in [3.05, 3.63) is 47.3 Å². The maximum atomic E-state index is 6.56. The number of anilines is 3. The number of nitrogen functional groups attached to an aromatic ring is 1. The van der Waals surface area contributed by atoms with Gasteiger partial charge in [0.1, 0.15) is 0 Å². The molecule has 1 aliphatic rings. The second-order valence-electron chi connectivity index (χ2n) is 7.43. The largest absolute Gasteiger partial charge is 0.395 e. The molecule has 0 spiro atoms. The highest BCUT2D eigenvalue weighted by atomic mass is 15.3. The molecular formula is C20H26N6. The van der Waals surface area contributed by atoms with Crippen molar-refractivity contribution in [2.24, 2.45) is 5.73 Å². The van der Waals surface area contributed by atoms with Gasteiger partial charge in [0, 0.05) is 29.7 Å². The van der Waals surface area contributed by atoms with Crippen molar-refractivity contribution < 1.29 is 0 Å². The summed E-state index contributed by atoms with van der Waals surface area (Å²) < 4.78 is 1.75. The van der Waals surface area contributed by atoms with Gasteiger partial charge in [0.2, 0.25) is 0 Å². The van der Waals surface area contributed by atoms with Crippen molar-refractivity contribution in [1.29, 1.82) is 0 Å². The van der Waals surface area contributed by atoms with Gasteiger partial charge in [0.25, 0.3) is 0 Å². The van der Waals surface area contributed by atoms with Crippen LogP contribution in [0, 0.1) is 13.8 Å². The van der Waals surface area contributed by atoms with Crippen molar-refractivity contribution in [3.8, 4) is 0 Å². The molecule has 1 aromatic carbocycles. The Hall–Kier alpha value is -2.60. The molecular weight excluding hydrogens is 324 g/mol. The number of hydrogen-bond acceptors (Lipinski definition) is 5. The van der Waals surface area contributed by atoms with Crippen LogP contribution < -0.4 is 16.8 Å². The number of rotatable bonds is 3. The molecule has 0 atom stereocenters. The van der Waals surface area contributed by atoms with Crippen LogP contribution in [-0.4, -0.2) is 20.6 Å². The Morgan fingerprint density at radius 1 is 1.15 bits per heavy atom. The number of hydrogen-bond donors (Lipinski definition) is 3. The highest BCUT2D eigenvalue weighted by Crippen LogP contribution is 2.40. The topological polar surface area (TPSA) is 94.3 Å². The molecule has 0 unspecified atom stereocenters. The van der Waals surface area contributed by atoms with Gasteiger partial charge in [-0.1, -0.05) is 12.1 Å². The Kier molecular flexibility index (Phi) is 4.28. The predicted molar refractivity (Wildman–Crippen MR) is 106 cm³/mol. The van der Waals surface area contributed by atoms with Crippen LogP contribution in [0.25, 0.3) is 5.65 Å². The van der Waals surface area contributed by atoms with Gasteiger partial charge >= 0.3 is 0 Å². The molecule has 136 valence electrons. The van der Waals surface area contributed by atoms with Crippen LogP contribution in [-0.2, 0) is 0 Å². The van der Waals surface area contributed by atoms with Crippen molar-refractivity contribution >= 4 is 22.8 Å². The van der Waals surface area contributed by atoms with E-state index in [4.69, 9.17) is 16.6 Å². The number of aryl methyl sites for hydroxylation is 2. The third-order valence-electron chi connectivity index (χ3n) is 5.44. The van der Waals surface area contributed by atoms with E-state index >= 15 is 0 Å². The van der Waals surface area contributed by atoms with Gasteiger partial charge in [-0.3, -0.25) is 0 Å². The molecule has 26 heavy (non-hydrogen) atoms. The van der Waals surface area contributed by atoms with Crippen molar-refractivity contribution in [3.63, 3.8) is 0 Å². The minimum atomic E-state index is 0.297. The van der Waals surface area contributed by atoms with E-state index < -0.39 is 0 Å². The van der Waals surface area contributed by atoms with Crippen LogP contribution >= 0.6 is 0 Å². The van der Waals surface area contributed by atoms with Gasteiger partial charge in [-0.05, 0) is 62.6 Å². The minimum absolute atomic E-state index is 0.297. The molecule has 6 heteroatoms. The SMILES string of the molecule is Cc1ccc(C)c(Nc2nn3ccnc3c(N)c2[C@H]2CC[C@H](N)CC2)c1. The molecule has 0 saturated heterocycles. The number of nitrogens with zero attached hydrogens (tertiary/aromatic N) is 3. The van der Waals surface area contributed by atoms with Gasteiger partial charge in [-0.2, -0.15) is 0 Å². The van der Waals surface area contributed by atoms with Gasteiger partial charge in [-0.15, -0.1) is 5.10 Å². The van der Waals surface area contributed by atoms with E-state index in [2.05, 4.69) is 42.3 Å². The highest BCUT2D eigenvalue weighted by molar-refractivity contribution is 5.77. The minimum Gasteiger partial charge on any atom is -0.395 e. The van der Waals surface area contributed by atoms with Crippen LogP contribution in [0.15, 0.2) is 30.6 Å². The van der Waals surface area contributed by atoms with Crippen molar-refractivity contribution in [1.82, 2.24) is 14.6 Å². The normalized spacial score (nSPS) is 20.4. The Labute approximate surface area is 153 Å². The smallest absolute Gasteiger partial charge is 0.177 e. The lowest BCUT2D eigenvalue weighted by atomic mass is 9.81. The van der Waals surface area contributed by atoms with E-state index in [0.717, 1.165) is 54.1 Å². The molecule has 2 heterocycles. The van der Waals surface area contributed by atoms with Crippen LogP contribution in [0.1, 0.15) is 48.3 Å². The third-order valence-corrected chi connectivity index (χ3v) is 5.44. The van der Waals surface area contributed by atoms with Crippen LogP contribution in [0.4, 0.5) is 17.2 Å². The van der Waals surface area contributed by atoms with E-state index in [0.29, 0.717) is 12.0 Å². The van der Waals surface area contributed by atoms with Crippen LogP contribution in [0.2, 0.25) is 0 Å². The second-order valence-corrected chi connectivity index (χ2v) is 7.43. The Balaban J connectivity index is 1.81. The van der Waals surface area contributed by atoms with Crippen molar-refractivity contribution in [2.75, 3.05) is 11.1 Å². The fourth-order valence-corrected chi connectivity index (χ4v) is 3.89. The van der Waals surface area contributed by atoms with Gasteiger partial charge in [-0.25, -0.2) is 9.50 Å². The Bertz CT molecular complexity index is 937. The van der Waals surface area contributed by atoms with Crippen LogP contribution in [0.5, 0.6) is 0 Å². The zero-order valence-electron chi connectivity index (χ0n) is 15.4. The average molecular weight is 350 g/mol. The highest BCUT2D eigenvalue weighted by Gasteiger charge is 2.27. The van der Waals surface area contributed by atoms with E-state index in [-0.39, 0.29) is 0 Å². The number of benzene rings is 1. The summed E-state index contributed by atoms with van der Waals surface area (Å²) in [6, 6.07) is 6.68. The molecule has 0 aliphatic heterocycles. The maximum absolute atomic E-state index is 6.56. The molecule has 4 rings (SSSR count). The summed E-state index contributed by atoms with van der Waals surface area (Å²) in [6.45, 7) is 4.19. The molecule has 1 fully saturated rings. The lowest BCUT2D eigenvalue weighted by Gasteiger charge is -2.28. The molecule has 2 aromatic heterocycles. The van der Waals surface area contributed by atoms with Gasteiger partial charge in [0.05, 0.1) is 5.69 Å². The van der Waals surface area contributed by atoms with E-state index in [1.54, 1.807) is 10.7 Å². The standard InChI is InChI=1S/C20H26N6/c1-12-3-4-13(2)16(11-12)24-19-17(14-5-7-15(21)8-6-14)18(22)20-23-9-10-26(20)25-19/h3-4,9-11,14-15H,5-8,21-22H2,1-2H3,(H,24,25)/t14-,15-.